The lowest BCUT2D eigenvalue weighted by atomic mass is 9.88. The molecule has 2 aromatic carbocycles. The van der Waals surface area contributed by atoms with Crippen molar-refractivity contribution in [3.63, 3.8) is 0 Å². The molecule has 9 heteroatoms. The average molecular weight is 396 g/mol. The van der Waals surface area contributed by atoms with Gasteiger partial charge in [0.2, 0.25) is 0 Å². The van der Waals surface area contributed by atoms with Crippen LogP contribution in [-0.4, -0.2) is 32.9 Å². The highest BCUT2D eigenvalue weighted by Crippen LogP contribution is 2.28. The number of nitroso groups, excluding NO2 is 1. The van der Waals surface area contributed by atoms with Crippen LogP contribution >= 0.6 is 0 Å². The number of benzene rings is 2. The summed E-state index contributed by atoms with van der Waals surface area (Å²) in [4.78, 5) is 36.4. The number of rotatable bonds is 5. The second-order valence-electron chi connectivity index (χ2n) is 6.64. The Hall–Kier alpha value is -3.49. The van der Waals surface area contributed by atoms with E-state index >= 15 is 0 Å². The van der Waals surface area contributed by atoms with Crippen LogP contribution in [0, 0.1) is 10.7 Å². The summed E-state index contributed by atoms with van der Waals surface area (Å²) >= 11 is 0. The number of carbonyl (C=O) groups is 1. The molecule has 3 aromatic rings. The van der Waals surface area contributed by atoms with Crippen LogP contribution in [0.5, 0.6) is 5.75 Å². The average Bonchev–Trinajstić information content (AvgIpc) is 2.69. The molecular weight excluding hydrogens is 378 g/mol. The van der Waals surface area contributed by atoms with Crippen molar-refractivity contribution in [3.8, 4) is 5.75 Å². The summed E-state index contributed by atoms with van der Waals surface area (Å²) in [5.74, 6) is -0.514. The summed E-state index contributed by atoms with van der Waals surface area (Å²) in [5, 5.41) is 3.33. The molecule has 0 saturated heterocycles. The normalized spacial score (nSPS) is 10.7. The Morgan fingerprint density at radius 3 is 2.66 bits per heavy atom. The van der Waals surface area contributed by atoms with E-state index in [1.165, 1.54) is 29.2 Å². The number of hydrogen-bond acceptors (Lipinski definition) is 6. The van der Waals surface area contributed by atoms with Gasteiger partial charge in [-0.05, 0) is 34.5 Å². The molecule has 0 atom stereocenters. The second-order valence-corrected chi connectivity index (χ2v) is 6.64. The van der Waals surface area contributed by atoms with Crippen LogP contribution in [0.15, 0.2) is 50.8 Å². The molecule has 0 spiro atoms. The van der Waals surface area contributed by atoms with Gasteiger partial charge in [0.15, 0.2) is 5.82 Å². The third kappa shape index (κ3) is 4.03. The van der Waals surface area contributed by atoms with E-state index in [1.807, 2.05) is 7.85 Å². The number of amides is 1. The minimum atomic E-state index is -0.755. The Morgan fingerprint density at radius 2 is 2.00 bits per heavy atom. The third-order valence-corrected chi connectivity index (χ3v) is 4.54. The lowest BCUT2D eigenvalue weighted by Gasteiger charge is -2.13. The number of nitrogens with zero attached hydrogens (tertiary/aromatic N) is 2. The Kier molecular flexibility index (Phi) is 5.77. The van der Waals surface area contributed by atoms with Crippen molar-refractivity contribution in [1.29, 1.82) is 0 Å². The molecule has 3 rings (SSSR count). The van der Waals surface area contributed by atoms with E-state index in [-0.39, 0.29) is 29.0 Å². The van der Waals surface area contributed by atoms with E-state index in [1.54, 1.807) is 26.2 Å². The maximum absolute atomic E-state index is 14.4. The van der Waals surface area contributed by atoms with Gasteiger partial charge < -0.3 is 14.1 Å². The fraction of sp³-hybridized carbons (Fsp3) is 0.200. The molecule has 0 radical (unpaired) electrons. The SMILES string of the molecule is BCc1c(Cc2cccc(N=O)c2F)c(=O)oc2cc(OC(=O)N(C)C)ccc12. The van der Waals surface area contributed by atoms with E-state index in [0.717, 1.165) is 0 Å². The zero-order valence-electron chi connectivity index (χ0n) is 16.2. The summed E-state index contributed by atoms with van der Waals surface area (Å²) in [5.41, 5.74) is 0.529. The molecule has 0 bridgehead atoms. The van der Waals surface area contributed by atoms with Gasteiger partial charge in [-0.15, -0.1) is 4.91 Å². The number of ether oxygens (including phenoxy) is 1. The molecule has 0 saturated carbocycles. The zero-order valence-corrected chi connectivity index (χ0v) is 16.2. The summed E-state index contributed by atoms with van der Waals surface area (Å²) in [7, 11) is 4.98. The van der Waals surface area contributed by atoms with Gasteiger partial charge in [0.1, 0.15) is 24.9 Å². The van der Waals surface area contributed by atoms with Crippen LogP contribution in [0.25, 0.3) is 11.0 Å². The molecule has 0 fully saturated rings. The molecule has 7 nitrogen and oxygen atoms in total. The van der Waals surface area contributed by atoms with Gasteiger partial charge in [-0.3, -0.25) is 0 Å². The largest absolute Gasteiger partial charge is 0.422 e. The Bertz CT molecular complexity index is 1160. The van der Waals surface area contributed by atoms with Crippen molar-refractivity contribution in [2.24, 2.45) is 5.18 Å². The van der Waals surface area contributed by atoms with Gasteiger partial charge in [0.05, 0.1) is 0 Å². The van der Waals surface area contributed by atoms with Crippen LogP contribution in [0.2, 0.25) is 0 Å². The van der Waals surface area contributed by atoms with Crippen molar-refractivity contribution in [2.75, 3.05) is 14.1 Å². The quantitative estimate of drug-likeness (QED) is 0.376. The lowest BCUT2D eigenvalue weighted by molar-refractivity contribution is 0.172. The molecule has 0 N–H and O–H groups in total. The van der Waals surface area contributed by atoms with Crippen molar-refractivity contribution >= 4 is 30.6 Å². The van der Waals surface area contributed by atoms with Gasteiger partial charge >= 0.3 is 11.7 Å². The van der Waals surface area contributed by atoms with Gasteiger partial charge in [-0.2, -0.15) is 0 Å². The van der Waals surface area contributed by atoms with Crippen LogP contribution in [0.4, 0.5) is 14.9 Å². The molecule has 0 aliphatic rings. The molecule has 0 aliphatic carbocycles. The molecule has 0 aliphatic heterocycles. The highest BCUT2D eigenvalue weighted by molar-refractivity contribution is 6.10. The Labute approximate surface area is 166 Å². The third-order valence-electron chi connectivity index (χ3n) is 4.54. The van der Waals surface area contributed by atoms with E-state index in [2.05, 4.69) is 5.18 Å². The number of carbonyl (C=O) groups excluding carboxylic acids is 1. The van der Waals surface area contributed by atoms with Crippen LogP contribution in [0.1, 0.15) is 16.7 Å². The molecule has 29 heavy (non-hydrogen) atoms. The summed E-state index contributed by atoms with van der Waals surface area (Å²) in [6.45, 7) is 0. The minimum absolute atomic E-state index is 0.0337. The number of fused-ring (bicyclic) bond motifs is 1. The summed E-state index contributed by atoms with van der Waals surface area (Å²) in [6.07, 6.45) is -0.0895. The summed E-state index contributed by atoms with van der Waals surface area (Å²) in [6, 6.07) is 9.04. The molecule has 1 heterocycles. The first kappa shape index (κ1) is 20.3. The standard InChI is InChI=1S/C20H18BFN2O5/c1-24(2)20(26)28-12-6-7-13-15(10-21)14(19(25)29-17(13)9-12)8-11-4-3-5-16(23-27)18(11)22/h3-7,9H,8,10,21H2,1-2H3. The van der Waals surface area contributed by atoms with Gasteiger partial charge in [0, 0.05) is 37.5 Å². The van der Waals surface area contributed by atoms with Crippen LogP contribution in [0.3, 0.4) is 0 Å². The van der Waals surface area contributed by atoms with E-state index in [0.29, 0.717) is 22.8 Å². The maximum atomic E-state index is 14.4. The number of hydrogen-bond donors (Lipinski definition) is 0. The van der Waals surface area contributed by atoms with Gasteiger partial charge in [0.25, 0.3) is 0 Å². The first-order valence-electron chi connectivity index (χ1n) is 8.94. The topological polar surface area (TPSA) is 89.2 Å². The van der Waals surface area contributed by atoms with E-state index < -0.39 is 17.5 Å². The highest BCUT2D eigenvalue weighted by Gasteiger charge is 2.18. The fourth-order valence-corrected chi connectivity index (χ4v) is 3.09. The van der Waals surface area contributed by atoms with Crippen molar-refractivity contribution < 1.29 is 18.3 Å². The first-order valence-corrected chi connectivity index (χ1v) is 8.94. The lowest BCUT2D eigenvalue weighted by Crippen LogP contribution is -2.25. The van der Waals surface area contributed by atoms with E-state index in [9.17, 15) is 18.9 Å². The number of halogens is 1. The van der Waals surface area contributed by atoms with Crippen molar-refractivity contribution in [2.45, 2.75) is 12.7 Å². The molecule has 1 aromatic heterocycles. The van der Waals surface area contributed by atoms with Crippen LogP contribution < -0.4 is 10.4 Å². The molecular formula is C20H18BFN2O5. The van der Waals surface area contributed by atoms with Crippen LogP contribution in [-0.2, 0) is 12.7 Å². The fourth-order valence-electron chi connectivity index (χ4n) is 3.09. The highest BCUT2D eigenvalue weighted by atomic mass is 19.1. The predicted molar refractivity (Wildman–Crippen MR) is 109 cm³/mol. The molecule has 148 valence electrons. The summed E-state index contributed by atoms with van der Waals surface area (Å²) < 4.78 is 25.0. The van der Waals surface area contributed by atoms with Crippen molar-refractivity contribution in [3.05, 3.63) is 74.2 Å². The smallest absolute Gasteiger partial charge is 0.414 e. The molecule has 0 unspecified atom stereocenters. The van der Waals surface area contributed by atoms with Gasteiger partial charge in [-0.25, -0.2) is 14.0 Å². The first-order chi connectivity index (χ1) is 13.8. The van der Waals surface area contributed by atoms with Gasteiger partial charge in [-0.1, -0.05) is 18.5 Å². The predicted octanol–water partition coefficient (Wildman–Crippen LogP) is 3.11. The maximum Gasteiger partial charge on any atom is 0.414 e. The monoisotopic (exact) mass is 396 g/mol. The second kappa shape index (κ2) is 8.26. The zero-order chi connectivity index (χ0) is 21.1. The Morgan fingerprint density at radius 1 is 1.24 bits per heavy atom. The molecule has 1 amide bonds. The minimum Gasteiger partial charge on any atom is -0.422 e. The Balaban J connectivity index is 2.08. The van der Waals surface area contributed by atoms with Crippen molar-refractivity contribution in [1.82, 2.24) is 4.90 Å². The van der Waals surface area contributed by atoms with E-state index in [4.69, 9.17) is 9.15 Å².